The summed E-state index contributed by atoms with van der Waals surface area (Å²) in [6.07, 6.45) is 1.70. The van der Waals surface area contributed by atoms with Crippen LogP contribution in [0.4, 0.5) is 11.9 Å². The Hall–Kier alpha value is -3.14. The SMILES string of the molecule is CCOc1ccc(/C=C(\C#N)c2nc(N)nc(N(C)C)n2)cc1. The number of allylic oxidation sites excluding steroid dienone is 1. The Morgan fingerprint density at radius 3 is 2.52 bits per heavy atom. The van der Waals surface area contributed by atoms with Crippen molar-refractivity contribution in [1.82, 2.24) is 15.0 Å². The molecular formula is C16H18N6O. The van der Waals surface area contributed by atoms with Crippen molar-refractivity contribution in [3.63, 3.8) is 0 Å². The van der Waals surface area contributed by atoms with Gasteiger partial charge < -0.3 is 15.4 Å². The zero-order valence-electron chi connectivity index (χ0n) is 13.3. The second-order valence-corrected chi connectivity index (χ2v) is 4.88. The zero-order chi connectivity index (χ0) is 16.8. The van der Waals surface area contributed by atoms with Gasteiger partial charge in [0.25, 0.3) is 0 Å². The van der Waals surface area contributed by atoms with Crippen LogP contribution in [0.25, 0.3) is 11.6 Å². The van der Waals surface area contributed by atoms with Gasteiger partial charge in [0, 0.05) is 14.1 Å². The molecule has 2 aromatic rings. The van der Waals surface area contributed by atoms with Gasteiger partial charge >= 0.3 is 0 Å². The lowest BCUT2D eigenvalue weighted by Gasteiger charge is -2.11. The molecule has 1 aromatic carbocycles. The lowest BCUT2D eigenvalue weighted by atomic mass is 10.1. The predicted molar refractivity (Wildman–Crippen MR) is 89.7 cm³/mol. The minimum absolute atomic E-state index is 0.0755. The molecule has 0 spiro atoms. The first-order chi connectivity index (χ1) is 11.0. The maximum absolute atomic E-state index is 9.40. The van der Waals surface area contributed by atoms with Crippen LogP contribution in [0, 0.1) is 11.3 Å². The Balaban J connectivity index is 2.37. The molecule has 1 heterocycles. The number of anilines is 2. The summed E-state index contributed by atoms with van der Waals surface area (Å²) in [7, 11) is 3.58. The van der Waals surface area contributed by atoms with Crippen LogP contribution in [-0.4, -0.2) is 35.7 Å². The molecule has 1 aromatic heterocycles. The fourth-order valence-electron chi connectivity index (χ4n) is 1.84. The predicted octanol–water partition coefficient (Wildman–Crippen LogP) is 1.98. The Kier molecular flexibility index (Phi) is 5.10. The van der Waals surface area contributed by atoms with Crippen molar-refractivity contribution in [2.45, 2.75) is 6.92 Å². The van der Waals surface area contributed by atoms with E-state index >= 15 is 0 Å². The average Bonchev–Trinajstić information content (AvgIpc) is 2.53. The monoisotopic (exact) mass is 310 g/mol. The highest BCUT2D eigenvalue weighted by atomic mass is 16.5. The van der Waals surface area contributed by atoms with E-state index in [-0.39, 0.29) is 11.8 Å². The number of aromatic nitrogens is 3. The third-order valence-corrected chi connectivity index (χ3v) is 2.90. The third kappa shape index (κ3) is 4.17. The normalized spacial score (nSPS) is 11.0. The van der Waals surface area contributed by atoms with E-state index in [9.17, 15) is 5.26 Å². The summed E-state index contributed by atoms with van der Waals surface area (Å²) in [5, 5.41) is 9.40. The van der Waals surface area contributed by atoms with Crippen molar-refractivity contribution < 1.29 is 4.74 Å². The lowest BCUT2D eigenvalue weighted by Crippen LogP contribution is -2.15. The molecule has 0 bridgehead atoms. The van der Waals surface area contributed by atoms with E-state index in [2.05, 4.69) is 21.0 Å². The molecule has 0 amide bonds. The smallest absolute Gasteiger partial charge is 0.230 e. The molecule has 2 rings (SSSR count). The van der Waals surface area contributed by atoms with Crippen LogP contribution in [0.2, 0.25) is 0 Å². The summed E-state index contributed by atoms with van der Waals surface area (Å²) in [6.45, 7) is 2.53. The van der Waals surface area contributed by atoms with E-state index in [1.54, 1.807) is 25.1 Å². The van der Waals surface area contributed by atoms with Gasteiger partial charge in [0.15, 0.2) is 5.82 Å². The number of hydrogen-bond donors (Lipinski definition) is 1. The third-order valence-electron chi connectivity index (χ3n) is 2.90. The summed E-state index contributed by atoms with van der Waals surface area (Å²) in [5.74, 6) is 1.51. The molecule has 0 fully saturated rings. The number of nitrogen functional groups attached to an aromatic ring is 1. The Morgan fingerprint density at radius 2 is 1.96 bits per heavy atom. The molecule has 2 N–H and O–H groups in total. The van der Waals surface area contributed by atoms with Gasteiger partial charge in [-0.15, -0.1) is 0 Å². The molecule has 0 aliphatic heterocycles. The molecule has 0 atom stereocenters. The lowest BCUT2D eigenvalue weighted by molar-refractivity contribution is 0.340. The van der Waals surface area contributed by atoms with Gasteiger partial charge in [0.2, 0.25) is 11.9 Å². The maximum Gasteiger partial charge on any atom is 0.230 e. The summed E-state index contributed by atoms with van der Waals surface area (Å²) in [6, 6.07) is 9.51. The van der Waals surface area contributed by atoms with Crippen molar-refractivity contribution in [1.29, 1.82) is 5.26 Å². The molecule has 23 heavy (non-hydrogen) atoms. The van der Waals surface area contributed by atoms with Crippen molar-refractivity contribution in [2.24, 2.45) is 0 Å². The number of ether oxygens (including phenoxy) is 1. The largest absolute Gasteiger partial charge is 0.494 e. The van der Waals surface area contributed by atoms with Crippen LogP contribution in [0.15, 0.2) is 24.3 Å². The number of nitrogens with two attached hydrogens (primary N) is 1. The standard InChI is InChI=1S/C16H18N6O/c1-4-23-13-7-5-11(6-8-13)9-12(10-17)14-19-15(18)21-16(20-14)22(2)3/h5-9H,4H2,1-3H3,(H2,18,19,20,21)/b12-9+. The van der Waals surface area contributed by atoms with Crippen LogP contribution < -0.4 is 15.4 Å². The van der Waals surface area contributed by atoms with Gasteiger partial charge in [-0.1, -0.05) is 12.1 Å². The van der Waals surface area contributed by atoms with E-state index in [0.29, 0.717) is 18.1 Å². The van der Waals surface area contributed by atoms with Crippen LogP contribution in [0.1, 0.15) is 18.3 Å². The minimum atomic E-state index is 0.0755. The fourth-order valence-corrected chi connectivity index (χ4v) is 1.84. The zero-order valence-corrected chi connectivity index (χ0v) is 13.3. The van der Waals surface area contributed by atoms with E-state index in [1.807, 2.05) is 31.2 Å². The number of rotatable bonds is 5. The molecule has 0 saturated heterocycles. The summed E-state index contributed by atoms with van der Waals surface area (Å²) in [4.78, 5) is 14.0. The van der Waals surface area contributed by atoms with Crippen molar-refractivity contribution in [3.8, 4) is 11.8 Å². The molecule has 118 valence electrons. The minimum Gasteiger partial charge on any atom is -0.494 e. The molecular weight excluding hydrogens is 292 g/mol. The Bertz CT molecular complexity index is 746. The molecule has 0 radical (unpaired) electrons. The molecule has 7 heteroatoms. The van der Waals surface area contributed by atoms with Crippen molar-refractivity contribution >= 4 is 23.5 Å². The van der Waals surface area contributed by atoms with Crippen molar-refractivity contribution in [3.05, 3.63) is 35.7 Å². The molecule has 0 unspecified atom stereocenters. The first-order valence-corrected chi connectivity index (χ1v) is 7.07. The Labute approximate surface area is 135 Å². The first kappa shape index (κ1) is 16.2. The van der Waals surface area contributed by atoms with Crippen molar-refractivity contribution in [2.75, 3.05) is 31.3 Å². The second kappa shape index (κ2) is 7.22. The van der Waals surface area contributed by atoms with E-state index in [1.165, 1.54) is 0 Å². The van der Waals surface area contributed by atoms with Crippen LogP contribution in [0.5, 0.6) is 5.75 Å². The molecule has 7 nitrogen and oxygen atoms in total. The van der Waals surface area contributed by atoms with E-state index in [0.717, 1.165) is 11.3 Å². The topological polar surface area (TPSA) is 101 Å². The van der Waals surface area contributed by atoms with Gasteiger partial charge in [0.05, 0.1) is 12.2 Å². The first-order valence-electron chi connectivity index (χ1n) is 7.07. The second-order valence-electron chi connectivity index (χ2n) is 4.88. The maximum atomic E-state index is 9.40. The van der Waals surface area contributed by atoms with Crippen LogP contribution in [0.3, 0.4) is 0 Å². The average molecular weight is 310 g/mol. The number of hydrogen-bond acceptors (Lipinski definition) is 7. The highest BCUT2D eigenvalue weighted by Crippen LogP contribution is 2.19. The van der Waals surface area contributed by atoms with Gasteiger partial charge in [-0.05, 0) is 30.7 Å². The highest BCUT2D eigenvalue weighted by Gasteiger charge is 2.10. The van der Waals surface area contributed by atoms with Gasteiger partial charge in [-0.3, -0.25) is 0 Å². The van der Waals surface area contributed by atoms with Crippen LogP contribution in [-0.2, 0) is 0 Å². The quantitative estimate of drug-likeness (QED) is 0.842. The molecule has 0 aliphatic rings. The summed E-state index contributed by atoms with van der Waals surface area (Å²) < 4.78 is 5.39. The summed E-state index contributed by atoms with van der Waals surface area (Å²) in [5.41, 5.74) is 6.85. The van der Waals surface area contributed by atoms with Gasteiger partial charge in [-0.2, -0.15) is 20.2 Å². The molecule has 0 aliphatic carbocycles. The summed E-state index contributed by atoms with van der Waals surface area (Å²) >= 11 is 0. The molecule has 0 saturated carbocycles. The number of benzene rings is 1. The Morgan fingerprint density at radius 1 is 1.26 bits per heavy atom. The number of nitriles is 1. The van der Waals surface area contributed by atoms with E-state index in [4.69, 9.17) is 10.5 Å². The van der Waals surface area contributed by atoms with Gasteiger partial charge in [0.1, 0.15) is 11.8 Å². The number of nitrogens with zero attached hydrogens (tertiary/aromatic N) is 5. The van der Waals surface area contributed by atoms with Gasteiger partial charge in [-0.25, -0.2) is 0 Å². The fraction of sp³-hybridized carbons (Fsp3) is 0.250. The van der Waals surface area contributed by atoms with Crippen LogP contribution >= 0.6 is 0 Å². The highest BCUT2D eigenvalue weighted by molar-refractivity contribution is 5.87. The van der Waals surface area contributed by atoms with E-state index < -0.39 is 0 Å².